The minimum atomic E-state index is 0.225. The standard InChI is InChI=1S/C12H17N5/c1-8-3-2-6-17-11(8)15-12(16-17)14-7-10(13)9-4-5-9/h2-3,6,9-10H,4-5,7,13H2,1H3,(H,14,16). The summed E-state index contributed by atoms with van der Waals surface area (Å²) in [5, 5.41) is 7.58. The first-order chi connectivity index (χ1) is 8.24. The molecule has 0 saturated heterocycles. The molecule has 2 aromatic heterocycles. The van der Waals surface area contributed by atoms with E-state index in [-0.39, 0.29) is 6.04 Å². The Balaban J connectivity index is 1.74. The molecule has 3 rings (SSSR count). The van der Waals surface area contributed by atoms with Gasteiger partial charge in [0.25, 0.3) is 0 Å². The first-order valence-electron chi connectivity index (χ1n) is 6.05. The van der Waals surface area contributed by atoms with E-state index in [2.05, 4.69) is 15.4 Å². The predicted octanol–water partition coefficient (Wildman–Crippen LogP) is 1.19. The highest BCUT2D eigenvalue weighted by atomic mass is 15.3. The summed E-state index contributed by atoms with van der Waals surface area (Å²) in [5.74, 6) is 1.36. The molecule has 5 nitrogen and oxygen atoms in total. The number of rotatable bonds is 4. The number of fused-ring (bicyclic) bond motifs is 1. The number of nitrogens with zero attached hydrogens (tertiary/aromatic N) is 3. The molecule has 0 spiro atoms. The van der Waals surface area contributed by atoms with Crippen molar-refractivity contribution in [2.45, 2.75) is 25.8 Å². The van der Waals surface area contributed by atoms with Gasteiger partial charge in [-0.2, -0.15) is 4.98 Å². The molecule has 1 aliphatic rings. The summed E-state index contributed by atoms with van der Waals surface area (Å²) in [7, 11) is 0. The second-order valence-corrected chi connectivity index (χ2v) is 4.78. The van der Waals surface area contributed by atoms with Gasteiger partial charge in [0.15, 0.2) is 5.65 Å². The van der Waals surface area contributed by atoms with Gasteiger partial charge in [0.05, 0.1) is 0 Å². The van der Waals surface area contributed by atoms with Crippen LogP contribution < -0.4 is 11.1 Å². The van der Waals surface area contributed by atoms with Crippen LogP contribution in [0.3, 0.4) is 0 Å². The maximum absolute atomic E-state index is 6.03. The van der Waals surface area contributed by atoms with Crippen molar-refractivity contribution in [3.63, 3.8) is 0 Å². The molecule has 1 unspecified atom stereocenters. The molecule has 0 aromatic carbocycles. The average Bonchev–Trinajstić information content (AvgIpc) is 3.07. The smallest absolute Gasteiger partial charge is 0.243 e. The first-order valence-corrected chi connectivity index (χ1v) is 6.05. The zero-order valence-corrected chi connectivity index (χ0v) is 9.93. The number of anilines is 1. The molecular weight excluding hydrogens is 214 g/mol. The molecule has 0 radical (unpaired) electrons. The van der Waals surface area contributed by atoms with Crippen LogP contribution in [0.5, 0.6) is 0 Å². The molecule has 5 heteroatoms. The van der Waals surface area contributed by atoms with Crippen molar-refractivity contribution in [1.82, 2.24) is 14.6 Å². The van der Waals surface area contributed by atoms with Gasteiger partial charge in [0.1, 0.15) is 0 Å². The summed E-state index contributed by atoms with van der Waals surface area (Å²) in [5.41, 5.74) is 8.05. The summed E-state index contributed by atoms with van der Waals surface area (Å²) < 4.78 is 1.79. The van der Waals surface area contributed by atoms with Crippen molar-refractivity contribution in [1.29, 1.82) is 0 Å². The SMILES string of the molecule is Cc1cccn2nc(NCC(N)C3CC3)nc12. The van der Waals surface area contributed by atoms with Crippen molar-refractivity contribution in [2.75, 3.05) is 11.9 Å². The molecule has 0 aliphatic heterocycles. The molecule has 90 valence electrons. The number of hydrogen-bond donors (Lipinski definition) is 2. The highest BCUT2D eigenvalue weighted by Gasteiger charge is 2.28. The van der Waals surface area contributed by atoms with Crippen LogP contribution >= 0.6 is 0 Å². The van der Waals surface area contributed by atoms with Gasteiger partial charge in [-0.05, 0) is 37.3 Å². The number of nitrogens with two attached hydrogens (primary N) is 1. The zero-order chi connectivity index (χ0) is 11.8. The third kappa shape index (κ3) is 2.10. The lowest BCUT2D eigenvalue weighted by Gasteiger charge is -2.09. The van der Waals surface area contributed by atoms with Crippen molar-refractivity contribution in [3.05, 3.63) is 23.9 Å². The van der Waals surface area contributed by atoms with Crippen LogP contribution in [-0.2, 0) is 0 Å². The van der Waals surface area contributed by atoms with E-state index in [0.29, 0.717) is 11.9 Å². The molecule has 0 bridgehead atoms. The Kier molecular flexibility index (Phi) is 2.48. The van der Waals surface area contributed by atoms with E-state index in [0.717, 1.165) is 17.8 Å². The lowest BCUT2D eigenvalue weighted by molar-refractivity contribution is 0.618. The first kappa shape index (κ1) is 10.5. The predicted molar refractivity (Wildman–Crippen MR) is 66.9 cm³/mol. The van der Waals surface area contributed by atoms with Crippen LogP contribution in [-0.4, -0.2) is 27.2 Å². The number of aryl methyl sites for hydroxylation is 1. The van der Waals surface area contributed by atoms with Crippen LogP contribution in [0.2, 0.25) is 0 Å². The Hall–Kier alpha value is -1.62. The van der Waals surface area contributed by atoms with E-state index >= 15 is 0 Å². The molecule has 2 aromatic rings. The van der Waals surface area contributed by atoms with Crippen LogP contribution in [0, 0.1) is 12.8 Å². The highest BCUT2D eigenvalue weighted by molar-refractivity contribution is 5.49. The monoisotopic (exact) mass is 231 g/mol. The van der Waals surface area contributed by atoms with Crippen LogP contribution in [0.1, 0.15) is 18.4 Å². The van der Waals surface area contributed by atoms with Gasteiger partial charge in [-0.1, -0.05) is 6.07 Å². The minimum Gasteiger partial charge on any atom is -0.351 e. The quantitative estimate of drug-likeness (QED) is 0.829. The van der Waals surface area contributed by atoms with E-state index in [1.54, 1.807) is 4.52 Å². The van der Waals surface area contributed by atoms with E-state index in [1.165, 1.54) is 12.8 Å². The van der Waals surface area contributed by atoms with Gasteiger partial charge in [0, 0.05) is 18.8 Å². The lowest BCUT2D eigenvalue weighted by Crippen LogP contribution is -2.31. The van der Waals surface area contributed by atoms with Crippen molar-refractivity contribution in [3.8, 4) is 0 Å². The number of aromatic nitrogens is 3. The van der Waals surface area contributed by atoms with Crippen LogP contribution in [0.4, 0.5) is 5.95 Å². The fourth-order valence-electron chi connectivity index (χ4n) is 2.01. The Labute approximate surface area is 100 Å². The molecule has 2 heterocycles. The van der Waals surface area contributed by atoms with Crippen LogP contribution in [0.25, 0.3) is 5.65 Å². The summed E-state index contributed by atoms with van der Waals surface area (Å²) in [6, 6.07) is 4.23. The summed E-state index contributed by atoms with van der Waals surface area (Å²) >= 11 is 0. The zero-order valence-electron chi connectivity index (χ0n) is 9.93. The second kappa shape index (κ2) is 4.00. The molecular formula is C12H17N5. The third-order valence-corrected chi connectivity index (χ3v) is 3.28. The second-order valence-electron chi connectivity index (χ2n) is 4.78. The molecule has 1 saturated carbocycles. The molecule has 1 atom stereocenters. The lowest BCUT2D eigenvalue weighted by atomic mass is 10.2. The Bertz CT molecular complexity index is 529. The van der Waals surface area contributed by atoms with Gasteiger partial charge in [-0.25, -0.2) is 4.52 Å². The highest BCUT2D eigenvalue weighted by Crippen LogP contribution is 2.31. The number of pyridine rings is 1. The Morgan fingerprint density at radius 3 is 3.12 bits per heavy atom. The Morgan fingerprint density at radius 1 is 1.59 bits per heavy atom. The third-order valence-electron chi connectivity index (χ3n) is 3.28. The maximum Gasteiger partial charge on any atom is 0.243 e. The Morgan fingerprint density at radius 2 is 2.41 bits per heavy atom. The molecule has 17 heavy (non-hydrogen) atoms. The van der Waals surface area contributed by atoms with Crippen LogP contribution in [0.15, 0.2) is 18.3 Å². The van der Waals surface area contributed by atoms with E-state index in [9.17, 15) is 0 Å². The molecule has 3 N–H and O–H groups in total. The topological polar surface area (TPSA) is 68.2 Å². The average molecular weight is 231 g/mol. The fraction of sp³-hybridized carbons (Fsp3) is 0.500. The number of nitrogens with one attached hydrogen (secondary N) is 1. The van der Waals surface area contributed by atoms with Gasteiger partial charge >= 0.3 is 0 Å². The minimum absolute atomic E-state index is 0.225. The summed E-state index contributed by atoms with van der Waals surface area (Å²) in [6.07, 6.45) is 4.43. The number of hydrogen-bond acceptors (Lipinski definition) is 4. The van der Waals surface area contributed by atoms with E-state index in [4.69, 9.17) is 5.73 Å². The molecule has 1 aliphatic carbocycles. The maximum atomic E-state index is 6.03. The normalized spacial score (nSPS) is 17.3. The summed E-state index contributed by atoms with van der Waals surface area (Å²) in [6.45, 7) is 2.78. The van der Waals surface area contributed by atoms with Gasteiger partial charge in [0.2, 0.25) is 5.95 Å². The molecule has 0 amide bonds. The van der Waals surface area contributed by atoms with E-state index in [1.807, 2.05) is 25.3 Å². The van der Waals surface area contributed by atoms with Gasteiger partial charge < -0.3 is 11.1 Å². The summed E-state index contributed by atoms with van der Waals surface area (Å²) in [4.78, 5) is 4.45. The molecule has 1 fully saturated rings. The van der Waals surface area contributed by atoms with Gasteiger partial charge in [-0.3, -0.25) is 0 Å². The van der Waals surface area contributed by atoms with Crippen molar-refractivity contribution < 1.29 is 0 Å². The van der Waals surface area contributed by atoms with Crippen molar-refractivity contribution >= 4 is 11.6 Å². The fourth-order valence-corrected chi connectivity index (χ4v) is 2.01. The van der Waals surface area contributed by atoms with E-state index < -0.39 is 0 Å². The van der Waals surface area contributed by atoms with Crippen molar-refractivity contribution in [2.24, 2.45) is 11.7 Å². The largest absolute Gasteiger partial charge is 0.351 e. The van der Waals surface area contributed by atoms with Gasteiger partial charge in [-0.15, -0.1) is 5.10 Å².